The summed E-state index contributed by atoms with van der Waals surface area (Å²) in [5, 5.41) is 2.66. The maximum absolute atomic E-state index is 14.1. The zero-order valence-electron chi connectivity index (χ0n) is 22.2. The molecule has 1 aliphatic rings. The molecule has 3 aromatic carbocycles. The first-order chi connectivity index (χ1) is 18.5. The van der Waals surface area contributed by atoms with Gasteiger partial charge in [-0.1, -0.05) is 79.7 Å². The summed E-state index contributed by atoms with van der Waals surface area (Å²) in [5.41, 5.74) is 2.62. The van der Waals surface area contributed by atoms with Crippen LogP contribution in [0.1, 0.15) is 43.9 Å². The van der Waals surface area contributed by atoms with Gasteiger partial charge in [0.15, 0.2) is 0 Å². The number of hydrogen-bond donors (Lipinski definition) is 1. The van der Waals surface area contributed by atoms with Crippen LogP contribution in [0.2, 0.25) is 0 Å². The van der Waals surface area contributed by atoms with E-state index in [1.54, 1.807) is 17.0 Å². The summed E-state index contributed by atoms with van der Waals surface area (Å²) in [4.78, 5) is 32.1. The lowest BCUT2D eigenvalue weighted by Gasteiger charge is -2.40. The Morgan fingerprint density at radius 1 is 0.868 bits per heavy atom. The van der Waals surface area contributed by atoms with Crippen molar-refractivity contribution in [3.8, 4) is 0 Å². The Hall–Kier alpha value is -3.71. The van der Waals surface area contributed by atoms with Crippen LogP contribution < -0.4 is 5.32 Å². The van der Waals surface area contributed by atoms with Gasteiger partial charge in [0.25, 0.3) is 0 Å². The van der Waals surface area contributed by atoms with E-state index >= 15 is 0 Å². The van der Waals surface area contributed by atoms with E-state index in [1.165, 1.54) is 23.3 Å². The minimum Gasteiger partial charge on any atom is -0.340 e. The Kier molecular flexibility index (Phi) is 9.49. The van der Waals surface area contributed by atoms with Gasteiger partial charge in [0, 0.05) is 45.2 Å². The fourth-order valence-electron chi connectivity index (χ4n) is 4.98. The number of carbonyl (C=O) groups excluding carboxylic acids is 2. The van der Waals surface area contributed by atoms with E-state index in [-0.39, 0.29) is 36.6 Å². The SMILES string of the molecule is CCC(C)N(CCC(=O)N1CCN(C(c2ccccc2)c2ccccc2)CC1)C(=O)Nc1ccccc1F. The molecule has 0 aliphatic carbocycles. The van der Waals surface area contributed by atoms with Crippen molar-refractivity contribution in [1.82, 2.24) is 14.7 Å². The van der Waals surface area contributed by atoms with Crippen molar-refractivity contribution in [2.24, 2.45) is 0 Å². The molecule has 3 amide bonds. The molecule has 7 heteroatoms. The molecule has 1 saturated heterocycles. The van der Waals surface area contributed by atoms with Gasteiger partial charge in [0.1, 0.15) is 5.82 Å². The number of carbonyl (C=O) groups is 2. The van der Waals surface area contributed by atoms with Crippen molar-refractivity contribution in [3.63, 3.8) is 0 Å². The molecule has 0 spiro atoms. The quantitative estimate of drug-likeness (QED) is 0.392. The minimum absolute atomic E-state index is 0.0348. The summed E-state index contributed by atoms with van der Waals surface area (Å²) in [5.74, 6) is -0.448. The first-order valence-electron chi connectivity index (χ1n) is 13.4. The van der Waals surface area contributed by atoms with Crippen molar-refractivity contribution >= 4 is 17.6 Å². The van der Waals surface area contributed by atoms with Crippen LogP contribution in [0.25, 0.3) is 0 Å². The van der Waals surface area contributed by atoms with E-state index in [1.807, 2.05) is 30.9 Å². The third-order valence-corrected chi connectivity index (χ3v) is 7.33. The number of hydrogen-bond acceptors (Lipinski definition) is 3. The van der Waals surface area contributed by atoms with Crippen LogP contribution in [-0.2, 0) is 4.79 Å². The molecule has 1 atom stereocenters. The third kappa shape index (κ3) is 6.78. The summed E-state index contributed by atoms with van der Waals surface area (Å²) < 4.78 is 14.1. The van der Waals surface area contributed by atoms with E-state index in [0.29, 0.717) is 13.1 Å². The van der Waals surface area contributed by atoms with Gasteiger partial charge in [-0.2, -0.15) is 0 Å². The smallest absolute Gasteiger partial charge is 0.322 e. The fourth-order valence-corrected chi connectivity index (χ4v) is 4.98. The van der Waals surface area contributed by atoms with Gasteiger partial charge >= 0.3 is 6.03 Å². The zero-order chi connectivity index (χ0) is 26.9. The van der Waals surface area contributed by atoms with Crippen LogP contribution in [-0.4, -0.2) is 65.4 Å². The maximum atomic E-state index is 14.1. The van der Waals surface area contributed by atoms with Crippen LogP contribution in [0, 0.1) is 5.82 Å². The van der Waals surface area contributed by atoms with E-state index in [4.69, 9.17) is 0 Å². The molecule has 4 rings (SSSR count). The number of halogens is 1. The largest absolute Gasteiger partial charge is 0.340 e. The zero-order valence-corrected chi connectivity index (χ0v) is 22.2. The average Bonchev–Trinajstić information content (AvgIpc) is 2.96. The first kappa shape index (κ1) is 27.3. The monoisotopic (exact) mass is 516 g/mol. The van der Waals surface area contributed by atoms with Crippen LogP contribution in [0.3, 0.4) is 0 Å². The number of nitrogens with one attached hydrogen (secondary N) is 1. The lowest BCUT2D eigenvalue weighted by atomic mass is 9.96. The summed E-state index contributed by atoms with van der Waals surface area (Å²) in [6, 6.07) is 26.7. The Labute approximate surface area is 225 Å². The fraction of sp³-hybridized carbons (Fsp3) is 0.355. The predicted octanol–water partition coefficient (Wildman–Crippen LogP) is 5.78. The highest BCUT2D eigenvalue weighted by Crippen LogP contribution is 2.29. The lowest BCUT2D eigenvalue weighted by molar-refractivity contribution is -0.133. The Morgan fingerprint density at radius 3 is 1.97 bits per heavy atom. The number of benzene rings is 3. The van der Waals surface area contributed by atoms with Gasteiger partial charge in [0.05, 0.1) is 11.7 Å². The number of para-hydroxylation sites is 1. The second kappa shape index (κ2) is 13.2. The van der Waals surface area contributed by atoms with Gasteiger partial charge in [-0.25, -0.2) is 9.18 Å². The summed E-state index contributed by atoms with van der Waals surface area (Å²) >= 11 is 0. The number of rotatable bonds is 9. The molecule has 0 bridgehead atoms. The second-order valence-corrected chi connectivity index (χ2v) is 9.75. The normalized spacial score (nSPS) is 14.8. The number of amides is 3. The highest BCUT2D eigenvalue weighted by atomic mass is 19.1. The molecule has 1 aliphatic heterocycles. The van der Waals surface area contributed by atoms with Crippen LogP contribution >= 0.6 is 0 Å². The Bertz CT molecular complexity index is 1140. The first-order valence-corrected chi connectivity index (χ1v) is 13.4. The molecule has 1 unspecified atom stereocenters. The molecule has 6 nitrogen and oxygen atoms in total. The standard InChI is InChI=1S/C31H37FN4O2/c1-3-24(2)36(31(38)33-28-17-11-10-16-27(28)32)19-18-29(37)34-20-22-35(23-21-34)30(25-12-6-4-7-13-25)26-14-8-5-9-15-26/h4-17,24,30H,3,18-23H2,1-2H3,(H,33,38). The summed E-state index contributed by atoms with van der Waals surface area (Å²) in [6.45, 7) is 7.03. The molecule has 3 aromatic rings. The molecular formula is C31H37FN4O2. The number of nitrogens with zero attached hydrogens (tertiary/aromatic N) is 3. The minimum atomic E-state index is -0.483. The summed E-state index contributed by atoms with van der Waals surface area (Å²) in [6.07, 6.45) is 0.966. The molecule has 1 heterocycles. The van der Waals surface area contributed by atoms with Gasteiger partial charge in [-0.05, 0) is 36.6 Å². The highest BCUT2D eigenvalue weighted by Gasteiger charge is 2.29. The molecule has 0 radical (unpaired) electrons. The molecule has 1 N–H and O–H groups in total. The summed E-state index contributed by atoms with van der Waals surface area (Å²) in [7, 11) is 0. The molecular weight excluding hydrogens is 479 g/mol. The van der Waals surface area contributed by atoms with E-state index in [0.717, 1.165) is 19.5 Å². The Morgan fingerprint density at radius 2 is 1.42 bits per heavy atom. The van der Waals surface area contributed by atoms with E-state index in [9.17, 15) is 14.0 Å². The average molecular weight is 517 g/mol. The van der Waals surface area contributed by atoms with E-state index in [2.05, 4.69) is 58.7 Å². The molecule has 1 fully saturated rings. The lowest BCUT2D eigenvalue weighted by Crippen LogP contribution is -2.51. The van der Waals surface area contributed by atoms with Crippen LogP contribution in [0.15, 0.2) is 84.9 Å². The van der Waals surface area contributed by atoms with Crippen molar-refractivity contribution in [2.75, 3.05) is 38.0 Å². The molecule has 200 valence electrons. The van der Waals surface area contributed by atoms with Gasteiger partial charge in [0.2, 0.25) is 5.91 Å². The number of urea groups is 1. The number of anilines is 1. The van der Waals surface area contributed by atoms with Gasteiger partial charge in [-0.3, -0.25) is 9.69 Å². The maximum Gasteiger partial charge on any atom is 0.322 e. The number of piperazine rings is 1. The van der Waals surface area contributed by atoms with Gasteiger partial charge < -0.3 is 15.1 Å². The highest BCUT2D eigenvalue weighted by molar-refractivity contribution is 5.90. The van der Waals surface area contributed by atoms with Gasteiger partial charge in [-0.15, -0.1) is 0 Å². The van der Waals surface area contributed by atoms with Crippen molar-refractivity contribution in [1.29, 1.82) is 0 Å². The van der Waals surface area contributed by atoms with Crippen molar-refractivity contribution < 1.29 is 14.0 Å². The third-order valence-electron chi connectivity index (χ3n) is 7.33. The molecule has 0 saturated carbocycles. The molecule has 38 heavy (non-hydrogen) atoms. The Balaban J connectivity index is 1.36. The van der Waals surface area contributed by atoms with Crippen LogP contribution in [0.5, 0.6) is 0 Å². The van der Waals surface area contributed by atoms with Crippen LogP contribution in [0.4, 0.5) is 14.9 Å². The topological polar surface area (TPSA) is 55.9 Å². The van der Waals surface area contributed by atoms with E-state index < -0.39 is 11.8 Å². The second-order valence-electron chi connectivity index (χ2n) is 9.75. The predicted molar refractivity (Wildman–Crippen MR) is 149 cm³/mol. The molecule has 0 aromatic heterocycles. The van der Waals surface area contributed by atoms with Crippen molar-refractivity contribution in [2.45, 2.75) is 38.8 Å². The van der Waals surface area contributed by atoms with Crippen molar-refractivity contribution in [3.05, 3.63) is 102 Å².